The maximum Gasteiger partial charge on any atom is 0.308 e. The Morgan fingerprint density at radius 3 is 2.54 bits per heavy atom. The molecule has 3 atom stereocenters. The van der Waals surface area contributed by atoms with Gasteiger partial charge in [0.1, 0.15) is 6.04 Å². The molecule has 1 aliphatic heterocycles. The first-order valence-corrected chi connectivity index (χ1v) is 7.97. The van der Waals surface area contributed by atoms with Crippen molar-refractivity contribution >= 4 is 23.9 Å². The zero-order valence-corrected chi connectivity index (χ0v) is 13.8. The summed E-state index contributed by atoms with van der Waals surface area (Å²) in [7, 11) is 0. The number of likely N-dealkylation sites (tertiary alicyclic amines) is 1. The monoisotopic (exact) mass is 330 g/mol. The van der Waals surface area contributed by atoms with Crippen LogP contribution in [-0.2, 0) is 14.4 Å². The Hall–Kier alpha value is -2.63. The number of carboxylic acid groups (broad SMARTS) is 1. The number of carbonyl (C=O) groups is 3. The summed E-state index contributed by atoms with van der Waals surface area (Å²) in [5.74, 6) is -2.05. The van der Waals surface area contributed by atoms with Crippen LogP contribution in [0.25, 0.3) is 6.08 Å². The van der Waals surface area contributed by atoms with Crippen molar-refractivity contribution in [1.29, 1.82) is 0 Å². The first-order valence-electron chi connectivity index (χ1n) is 7.97. The molecular weight excluding hydrogens is 308 g/mol. The van der Waals surface area contributed by atoms with E-state index < -0.39 is 17.9 Å². The minimum atomic E-state index is -0.889. The van der Waals surface area contributed by atoms with Gasteiger partial charge in [0, 0.05) is 18.7 Å². The third kappa shape index (κ3) is 4.22. The van der Waals surface area contributed by atoms with Crippen LogP contribution in [-0.4, -0.2) is 46.4 Å². The fraction of sp³-hybridized carbons (Fsp3) is 0.389. The minimum absolute atomic E-state index is 0.257. The first kappa shape index (κ1) is 17.7. The summed E-state index contributed by atoms with van der Waals surface area (Å²) in [6.45, 7) is 3.74. The highest BCUT2D eigenvalue weighted by Gasteiger charge is 2.39. The summed E-state index contributed by atoms with van der Waals surface area (Å²) in [4.78, 5) is 37.0. The predicted octanol–water partition coefficient (Wildman–Crippen LogP) is 1.53. The number of carbonyl (C=O) groups excluding carboxylic acids is 2. The molecule has 128 valence electrons. The van der Waals surface area contributed by atoms with Crippen molar-refractivity contribution in [2.75, 3.05) is 6.54 Å². The van der Waals surface area contributed by atoms with Gasteiger partial charge in [0.15, 0.2) is 0 Å². The number of hydrogen-bond donors (Lipinski definition) is 2. The molecule has 1 aromatic carbocycles. The van der Waals surface area contributed by atoms with Gasteiger partial charge in [-0.15, -0.1) is 0 Å². The smallest absolute Gasteiger partial charge is 0.308 e. The lowest BCUT2D eigenvalue weighted by atomic mass is 10.0. The van der Waals surface area contributed by atoms with Crippen molar-refractivity contribution < 1.29 is 19.5 Å². The molecule has 2 rings (SSSR count). The minimum Gasteiger partial charge on any atom is -0.481 e. The summed E-state index contributed by atoms with van der Waals surface area (Å²) < 4.78 is 0. The van der Waals surface area contributed by atoms with Gasteiger partial charge in [-0.2, -0.15) is 0 Å². The average Bonchev–Trinajstić information content (AvgIpc) is 2.95. The number of nitrogens with zero attached hydrogens (tertiary/aromatic N) is 1. The second-order valence-corrected chi connectivity index (χ2v) is 5.98. The molecule has 2 N–H and O–H groups in total. The van der Waals surface area contributed by atoms with Gasteiger partial charge in [0.2, 0.25) is 11.8 Å². The lowest BCUT2D eigenvalue weighted by molar-refractivity contribution is -0.143. The summed E-state index contributed by atoms with van der Waals surface area (Å²) >= 11 is 0. The largest absolute Gasteiger partial charge is 0.481 e. The first-order chi connectivity index (χ1) is 11.4. The van der Waals surface area contributed by atoms with E-state index in [-0.39, 0.29) is 17.9 Å². The summed E-state index contributed by atoms with van der Waals surface area (Å²) in [5, 5.41) is 11.8. The van der Waals surface area contributed by atoms with E-state index in [0.717, 1.165) is 5.56 Å². The fourth-order valence-electron chi connectivity index (χ4n) is 2.89. The van der Waals surface area contributed by atoms with Gasteiger partial charge in [-0.1, -0.05) is 30.3 Å². The van der Waals surface area contributed by atoms with Crippen molar-refractivity contribution in [1.82, 2.24) is 10.2 Å². The maximum absolute atomic E-state index is 12.4. The lowest BCUT2D eigenvalue weighted by Gasteiger charge is -2.26. The van der Waals surface area contributed by atoms with Crippen LogP contribution >= 0.6 is 0 Å². The van der Waals surface area contributed by atoms with Crippen LogP contribution < -0.4 is 5.32 Å². The van der Waals surface area contributed by atoms with Crippen LogP contribution in [0.3, 0.4) is 0 Å². The Morgan fingerprint density at radius 1 is 1.29 bits per heavy atom. The second kappa shape index (κ2) is 7.77. The zero-order chi connectivity index (χ0) is 17.7. The highest BCUT2D eigenvalue weighted by molar-refractivity contribution is 5.95. The summed E-state index contributed by atoms with van der Waals surface area (Å²) in [6, 6.07) is 8.31. The van der Waals surface area contributed by atoms with Crippen molar-refractivity contribution in [3.05, 3.63) is 42.0 Å². The zero-order valence-electron chi connectivity index (χ0n) is 13.8. The van der Waals surface area contributed by atoms with Crippen LogP contribution in [0.4, 0.5) is 0 Å². The van der Waals surface area contributed by atoms with Gasteiger partial charge in [-0.25, -0.2) is 0 Å². The molecule has 0 saturated carbocycles. The molecule has 0 spiro atoms. The molecule has 2 amide bonds. The van der Waals surface area contributed by atoms with Gasteiger partial charge in [0.25, 0.3) is 0 Å². The molecule has 24 heavy (non-hydrogen) atoms. The molecule has 1 saturated heterocycles. The van der Waals surface area contributed by atoms with Gasteiger partial charge in [-0.3, -0.25) is 14.4 Å². The standard InChI is InChI=1S/C18H22N2O4/c1-12(17(22)20-11-10-15(13(20)2)18(23)24)19-16(21)9-8-14-6-4-3-5-7-14/h3-9,12-13,15H,10-11H2,1-2H3,(H,19,21)(H,23,24)/b9-8+. The molecule has 1 heterocycles. The molecule has 1 aliphatic rings. The van der Waals surface area contributed by atoms with E-state index in [1.807, 2.05) is 30.3 Å². The van der Waals surface area contributed by atoms with Crippen LogP contribution in [0.1, 0.15) is 25.8 Å². The van der Waals surface area contributed by atoms with E-state index in [2.05, 4.69) is 5.32 Å². The topological polar surface area (TPSA) is 86.7 Å². The van der Waals surface area contributed by atoms with Crippen LogP contribution in [0.2, 0.25) is 0 Å². The number of carboxylic acids is 1. The SMILES string of the molecule is CC(NC(=O)/C=C/c1ccccc1)C(=O)N1CCC(C(=O)O)C1C. The summed E-state index contributed by atoms with van der Waals surface area (Å²) in [5.41, 5.74) is 0.893. The Morgan fingerprint density at radius 2 is 1.96 bits per heavy atom. The average molecular weight is 330 g/mol. The van der Waals surface area contributed by atoms with Gasteiger partial charge < -0.3 is 15.3 Å². The molecular formula is C18H22N2O4. The van der Waals surface area contributed by atoms with Crippen molar-refractivity contribution in [3.8, 4) is 0 Å². The molecule has 0 radical (unpaired) electrons. The van der Waals surface area contributed by atoms with E-state index in [4.69, 9.17) is 5.11 Å². The third-order valence-corrected chi connectivity index (χ3v) is 4.31. The molecule has 0 bridgehead atoms. The number of hydrogen-bond acceptors (Lipinski definition) is 3. The van der Waals surface area contributed by atoms with Crippen LogP contribution in [0.5, 0.6) is 0 Å². The normalized spacial score (nSPS) is 21.7. The molecule has 1 fully saturated rings. The number of amides is 2. The fourth-order valence-corrected chi connectivity index (χ4v) is 2.89. The maximum atomic E-state index is 12.4. The Labute approximate surface area is 141 Å². The Kier molecular flexibility index (Phi) is 5.73. The molecule has 3 unspecified atom stereocenters. The number of nitrogens with one attached hydrogen (secondary N) is 1. The van der Waals surface area contributed by atoms with Gasteiger partial charge in [-0.05, 0) is 31.9 Å². The molecule has 1 aromatic rings. The number of aliphatic carboxylic acids is 1. The lowest BCUT2D eigenvalue weighted by Crippen LogP contribution is -2.48. The van der Waals surface area contributed by atoms with Crippen molar-refractivity contribution in [2.45, 2.75) is 32.4 Å². The van der Waals surface area contributed by atoms with E-state index in [9.17, 15) is 14.4 Å². The van der Waals surface area contributed by atoms with Gasteiger partial charge in [0.05, 0.1) is 5.92 Å². The molecule has 6 heteroatoms. The van der Waals surface area contributed by atoms with E-state index >= 15 is 0 Å². The highest BCUT2D eigenvalue weighted by atomic mass is 16.4. The second-order valence-electron chi connectivity index (χ2n) is 5.98. The summed E-state index contributed by atoms with van der Waals surface area (Å²) in [6.07, 6.45) is 3.49. The number of rotatable bonds is 5. The number of benzene rings is 1. The van der Waals surface area contributed by atoms with Crippen LogP contribution in [0.15, 0.2) is 36.4 Å². The molecule has 0 aromatic heterocycles. The van der Waals surface area contributed by atoms with E-state index in [1.165, 1.54) is 11.0 Å². The van der Waals surface area contributed by atoms with E-state index in [1.54, 1.807) is 19.9 Å². The third-order valence-electron chi connectivity index (χ3n) is 4.31. The highest BCUT2D eigenvalue weighted by Crippen LogP contribution is 2.24. The van der Waals surface area contributed by atoms with Gasteiger partial charge >= 0.3 is 5.97 Å². The molecule has 0 aliphatic carbocycles. The van der Waals surface area contributed by atoms with E-state index in [0.29, 0.717) is 13.0 Å². The van der Waals surface area contributed by atoms with Crippen molar-refractivity contribution in [2.24, 2.45) is 5.92 Å². The molecule has 6 nitrogen and oxygen atoms in total. The van der Waals surface area contributed by atoms with Crippen molar-refractivity contribution in [3.63, 3.8) is 0 Å². The van der Waals surface area contributed by atoms with Crippen LogP contribution in [0, 0.1) is 5.92 Å². The predicted molar refractivity (Wildman–Crippen MR) is 90.0 cm³/mol. The Bertz CT molecular complexity index is 642. The quantitative estimate of drug-likeness (QED) is 0.802. The Balaban J connectivity index is 1.91.